The van der Waals surface area contributed by atoms with Crippen molar-refractivity contribution in [2.75, 3.05) is 18.4 Å². The van der Waals surface area contributed by atoms with Crippen LogP contribution in [0.25, 0.3) is 10.8 Å². The lowest BCUT2D eigenvalue weighted by Gasteiger charge is -2.32. The number of nitrogens with zero attached hydrogens (tertiary/aromatic N) is 1. The molecule has 1 aliphatic rings. The molecule has 0 saturated carbocycles. The van der Waals surface area contributed by atoms with Gasteiger partial charge in [-0.2, -0.15) is 0 Å². The highest BCUT2D eigenvalue weighted by Crippen LogP contribution is 2.31. The van der Waals surface area contributed by atoms with E-state index in [0.29, 0.717) is 6.04 Å². The Kier molecular flexibility index (Phi) is 4.15. The highest BCUT2D eigenvalue weighted by molar-refractivity contribution is 9.10. The summed E-state index contributed by atoms with van der Waals surface area (Å²) >= 11 is 3.61. The second-order valence-corrected chi connectivity index (χ2v) is 6.42. The molecule has 2 aromatic rings. The van der Waals surface area contributed by atoms with Crippen molar-refractivity contribution in [3.8, 4) is 0 Å². The Morgan fingerprint density at radius 3 is 2.48 bits per heavy atom. The fourth-order valence-electron chi connectivity index (χ4n) is 2.95. The van der Waals surface area contributed by atoms with E-state index in [1.165, 1.54) is 16.5 Å². The topological polar surface area (TPSA) is 32.3 Å². The van der Waals surface area contributed by atoms with Crippen LogP contribution in [0.3, 0.4) is 0 Å². The van der Waals surface area contributed by atoms with Gasteiger partial charge in [0, 0.05) is 41.6 Å². The van der Waals surface area contributed by atoms with Crippen LogP contribution < -0.4 is 5.32 Å². The summed E-state index contributed by atoms with van der Waals surface area (Å²) in [5, 5.41) is 6.11. The molecule has 3 rings (SSSR count). The van der Waals surface area contributed by atoms with E-state index in [0.717, 1.165) is 30.4 Å². The van der Waals surface area contributed by atoms with Crippen molar-refractivity contribution in [2.24, 2.45) is 0 Å². The van der Waals surface area contributed by atoms with E-state index in [2.05, 4.69) is 57.6 Å². The zero-order valence-electron chi connectivity index (χ0n) is 12.1. The number of piperidine rings is 1. The van der Waals surface area contributed by atoms with Crippen LogP contribution in [0.4, 0.5) is 5.69 Å². The Labute approximate surface area is 133 Å². The molecule has 0 aliphatic carbocycles. The average molecular weight is 347 g/mol. The van der Waals surface area contributed by atoms with Gasteiger partial charge in [-0.1, -0.05) is 40.2 Å². The zero-order chi connectivity index (χ0) is 14.8. The molecular weight excluding hydrogens is 328 g/mol. The van der Waals surface area contributed by atoms with E-state index < -0.39 is 0 Å². The molecule has 0 atom stereocenters. The van der Waals surface area contributed by atoms with Crippen LogP contribution in [-0.4, -0.2) is 29.9 Å². The van der Waals surface area contributed by atoms with Gasteiger partial charge in [-0.15, -0.1) is 0 Å². The van der Waals surface area contributed by atoms with Crippen molar-refractivity contribution in [2.45, 2.75) is 25.8 Å². The number of likely N-dealkylation sites (tertiary alicyclic amines) is 1. The Morgan fingerprint density at radius 2 is 1.81 bits per heavy atom. The molecule has 4 heteroatoms. The summed E-state index contributed by atoms with van der Waals surface area (Å²) in [5.41, 5.74) is 1.18. The van der Waals surface area contributed by atoms with E-state index in [1.807, 2.05) is 4.90 Å². The Morgan fingerprint density at radius 1 is 1.14 bits per heavy atom. The summed E-state index contributed by atoms with van der Waals surface area (Å²) in [4.78, 5) is 13.3. The summed E-state index contributed by atoms with van der Waals surface area (Å²) < 4.78 is 1.12. The van der Waals surface area contributed by atoms with Crippen LogP contribution in [0.5, 0.6) is 0 Å². The maximum absolute atomic E-state index is 11.4. The first kappa shape index (κ1) is 14.4. The molecule has 21 heavy (non-hydrogen) atoms. The van der Waals surface area contributed by atoms with Crippen molar-refractivity contribution >= 4 is 38.3 Å². The second-order valence-electron chi connectivity index (χ2n) is 5.57. The normalized spacial score (nSPS) is 16.2. The number of nitrogens with one attached hydrogen (secondary N) is 1. The van der Waals surface area contributed by atoms with E-state index >= 15 is 0 Å². The van der Waals surface area contributed by atoms with Gasteiger partial charge in [0.15, 0.2) is 0 Å². The SMILES string of the molecule is CC(=O)N1CCC(Nc2ccc(Br)c3ccccc23)CC1. The second kappa shape index (κ2) is 6.06. The van der Waals surface area contributed by atoms with Gasteiger partial charge in [0.25, 0.3) is 0 Å². The monoisotopic (exact) mass is 346 g/mol. The van der Waals surface area contributed by atoms with Gasteiger partial charge >= 0.3 is 0 Å². The van der Waals surface area contributed by atoms with Gasteiger partial charge < -0.3 is 10.2 Å². The van der Waals surface area contributed by atoms with E-state index in [4.69, 9.17) is 0 Å². The molecule has 1 amide bonds. The fraction of sp³-hybridized carbons (Fsp3) is 0.353. The van der Waals surface area contributed by atoms with Crippen LogP contribution in [0.2, 0.25) is 0 Å². The standard InChI is InChI=1S/C17H19BrN2O/c1-12(21)20-10-8-13(9-11-20)19-17-7-6-16(18)14-4-2-3-5-15(14)17/h2-7,13,19H,8-11H2,1H3. The summed E-state index contributed by atoms with van der Waals surface area (Å²) in [5.74, 6) is 0.183. The number of anilines is 1. The predicted octanol–water partition coefficient (Wildman–Crippen LogP) is 4.03. The van der Waals surface area contributed by atoms with Gasteiger partial charge in [0.1, 0.15) is 0 Å². The minimum absolute atomic E-state index is 0.183. The van der Waals surface area contributed by atoms with E-state index in [1.54, 1.807) is 6.92 Å². The minimum Gasteiger partial charge on any atom is -0.382 e. The van der Waals surface area contributed by atoms with Crippen LogP contribution in [0.15, 0.2) is 40.9 Å². The molecule has 3 nitrogen and oxygen atoms in total. The molecule has 2 aromatic carbocycles. The lowest BCUT2D eigenvalue weighted by atomic mass is 10.0. The molecule has 1 N–H and O–H groups in total. The van der Waals surface area contributed by atoms with Crippen molar-refractivity contribution < 1.29 is 4.79 Å². The summed E-state index contributed by atoms with van der Waals surface area (Å²) in [6.07, 6.45) is 2.01. The first-order valence-corrected chi connectivity index (χ1v) is 8.14. The number of benzene rings is 2. The van der Waals surface area contributed by atoms with Crippen LogP contribution in [-0.2, 0) is 4.79 Å². The highest BCUT2D eigenvalue weighted by Gasteiger charge is 2.20. The van der Waals surface area contributed by atoms with Gasteiger partial charge in [0.2, 0.25) is 5.91 Å². The van der Waals surface area contributed by atoms with E-state index in [-0.39, 0.29) is 5.91 Å². The number of carbonyl (C=O) groups is 1. The third-order valence-electron chi connectivity index (χ3n) is 4.17. The Balaban J connectivity index is 1.77. The molecule has 1 saturated heterocycles. The molecule has 110 valence electrons. The highest BCUT2D eigenvalue weighted by atomic mass is 79.9. The van der Waals surface area contributed by atoms with Crippen molar-refractivity contribution in [3.63, 3.8) is 0 Å². The summed E-state index contributed by atoms with van der Waals surface area (Å²) in [6, 6.07) is 13.1. The molecule has 1 fully saturated rings. The first-order valence-electron chi connectivity index (χ1n) is 7.34. The van der Waals surface area contributed by atoms with E-state index in [9.17, 15) is 4.79 Å². The van der Waals surface area contributed by atoms with Gasteiger partial charge in [-0.3, -0.25) is 4.79 Å². The average Bonchev–Trinajstić information content (AvgIpc) is 2.51. The number of fused-ring (bicyclic) bond motifs is 1. The number of carbonyl (C=O) groups excluding carboxylic acids is 1. The molecular formula is C17H19BrN2O. The quantitative estimate of drug-likeness (QED) is 0.890. The largest absolute Gasteiger partial charge is 0.382 e. The molecule has 0 aromatic heterocycles. The number of hydrogen-bond donors (Lipinski definition) is 1. The fourth-order valence-corrected chi connectivity index (χ4v) is 3.42. The lowest BCUT2D eigenvalue weighted by molar-refractivity contribution is -0.129. The Hall–Kier alpha value is -1.55. The van der Waals surface area contributed by atoms with Crippen molar-refractivity contribution in [1.29, 1.82) is 0 Å². The molecule has 0 unspecified atom stereocenters. The maximum Gasteiger partial charge on any atom is 0.219 e. The molecule has 1 aliphatic heterocycles. The third-order valence-corrected chi connectivity index (χ3v) is 4.86. The zero-order valence-corrected chi connectivity index (χ0v) is 13.7. The maximum atomic E-state index is 11.4. The summed E-state index contributed by atoms with van der Waals surface area (Å²) in [6.45, 7) is 3.35. The van der Waals surface area contributed by atoms with Crippen LogP contribution in [0.1, 0.15) is 19.8 Å². The summed E-state index contributed by atoms with van der Waals surface area (Å²) in [7, 11) is 0. The number of halogens is 1. The van der Waals surface area contributed by atoms with Gasteiger partial charge in [-0.05, 0) is 30.4 Å². The van der Waals surface area contributed by atoms with Crippen LogP contribution >= 0.6 is 15.9 Å². The Bertz CT molecular complexity index is 663. The molecule has 1 heterocycles. The van der Waals surface area contributed by atoms with Crippen LogP contribution in [0, 0.1) is 0 Å². The molecule has 0 spiro atoms. The smallest absolute Gasteiger partial charge is 0.219 e. The minimum atomic E-state index is 0.183. The third kappa shape index (κ3) is 3.05. The molecule has 0 radical (unpaired) electrons. The number of rotatable bonds is 2. The van der Waals surface area contributed by atoms with Gasteiger partial charge in [-0.25, -0.2) is 0 Å². The lowest BCUT2D eigenvalue weighted by Crippen LogP contribution is -2.41. The molecule has 0 bridgehead atoms. The van der Waals surface area contributed by atoms with Gasteiger partial charge in [0.05, 0.1) is 0 Å². The van der Waals surface area contributed by atoms with Crippen molar-refractivity contribution in [1.82, 2.24) is 4.90 Å². The van der Waals surface area contributed by atoms with Crippen molar-refractivity contribution in [3.05, 3.63) is 40.9 Å². The predicted molar refractivity (Wildman–Crippen MR) is 90.5 cm³/mol. The number of hydrogen-bond acceptors (Lipinski definition) is 2. The number of amides is 1. The first-order chi connectivity index (χ1) is 10.1.